The molecule has 3 aromatic rings. The van der Waals surface area contributed by atoms with Crippen molar-refractivity contribution in [2.75, 3.05) is 5.32 Å². The van der Waals surface area contributed by atoms with Gasteiger partial charge in [0, 0.05) is 23.4 Å². The van der Waals surface area contributed by atoms with E-state index in [9.17, 15) is 9.59 Å². The lowest BCUT2D eigenvalue weighted by Crippen LogP contribution is -2.23. The van der Waals surface area contributed by atoms with Crippen molar-refractivity contribution >= 4 is 17.5 Å². The van der Waals surface area contributed by atoms with Crippen LogP contribution in [0.1, 0.15) is 37.4 Å². The first-order valence-corrected chi connectivity index (χ1v) is 8.84. The summed E-state index contributed by atoms with van der Waals surface area (Å²) >= 11 is 0. The standard InChI is InChI=1S/C23H22N2O2/c1-16-8-6-13-21(17(16)2)25-23(27)20-12-7-11-19(14-20)22(26)24-15-18-9-4-3-5-10-18/h3-14H,15H2,1-2H3,(H,24,26)(H,25,27). The zero-order chi connectivity index (χ0) is 19.2. The van der Waals surface area contributed by atoms with Gasteiger partial charge in [-0.15, -0.1) is 0 Å². The maximum atomic E-state index is 12.6. The van der Waals surface area contributed by atoms with Crippen LogP contribution in [0.2, 0.25) is 0 Å². The summed E-state index contributed by atoms with van der Waals surface area (Å²) in [4.78, 5) is 25.0. The van der Waals surface area contributed by atoms with Crippen LogP contribution in [0.3, 0.4) is 0 Å². The Labute approximate surface area is 159 Å². The zero-order valence-electron chi connectivity index (χ0n) is 15.5. The monoisotopic (exact) mass is 358 g/mol. The van der Waals surface area contributed by atoms with Crippen molar-refractivity contribution in [3.63, 3.8) is 0 Å². The van der Waals surface area contributed by atoms with Crippen LogP contribution in [0, 0.1) is 13.8 Å². The summed E-state index contributed by atoms with van der Waals surface area (Å²) in [6.07, 6.45) is 0. The van der Waals surface area contributed by atoms with Crippen LogP contribution >= 0.6 is 0 Å². The van der Waals surface area contributed by atoms with Crippen molar-refractivity contribution < 1.29 is 9.59 Å². The first-order valence-electron chi connectivity index (χ1n) is 8.84. The van der Waals surface area contributed by atoms with Crippen molar-refractivity contribution in [2.45, 2.75) is 20.4 Å². The van der Waals surface area contributed by atoms with E-state index in [2.05, 4.69) is 10.6 Å². The lowest BCUT2D eigenvalue weighted by molar-refractivity contribution is 0.0951. The second-order valence-corrected chi connectivity index (χ2v) is 6.45. The Balaban J connectivity index is 1.70. The van der Waals surface area contributed by atoms with Crippen LogP contribution in [0.4, 0.5) is 5.69 Å². The highest BCUT2D eigenvalue weighted by Gasteiger charge is 2.12. The van der Waals surface area contributed by atoms with Gasteiger partial charge in [0.05, 0.1) is 0 Å². The Morgan fingerprint density at radius 1 is 0.778 bits per heavy atom. The summed E-state index contributed by atoms with van der Waals surface area (Å²) < 4.78 is 0. The zero-order valence-corrected chi connectivity index (χ0v) is 15.5. The van der Waals surface area contributed by atoms with Gasteiger partial charge in [0.1, 0.15) is 0 Å². The van der Waals surface area contributed by atoms with Gasteiger partial charge < -0.3 is 10.6 Å². The molecular weight excluding hydrogens is 336 g/mol. The van der Waals surface area contributed by atoms with E-state index in [-0.39, 0.29) is 11.8 Å². The van der Waals surface area contributed by atoms with E-state index >= 15 is 0 Å². The Morgan fingerprint density at radius 2 is 1.44 bits per heavy atom. The predicted molar refractivity (Wildman–Crippen MR) is 108 cm³/mol. The third kappa shape index (κ3) is 4.61. The van der Waals surface area contributed by atoms with E-state index in [4.69, 9.17) is 0 Å². The third-order valence-electron chi connectivity index (χ3n) is 4.54. The predicted octanol–water partition coefficient (Wildman–Crippen LogP) is 4.49. The Bertz CT molecular complexity index is 965. The molecule has 4 nitrogen and oxygen atoms in total. The number of nitrogens with one attached hydrogen (secondary N) is 2. The molecule has 0 fully saturated rings. The normalized spacial score (nSPS) is 10.3. The van der Waals surface area contributed by atoms with Crippen molar-refractivity contribution in [3.8, 4) is 0 Å². The molecule has 0 aromatic heterocycles. The van der Waals surface area contributed by atoms with Gasteiger partial charge in [0.2, 0.25) is 0 Å². The molecular formula is C23H22N2O2. The smallest absolute Gasteiger partial charge is 0.255 e. The highest BCUT2D eigenvalue weighted by molar-refractivity contribution is 6.06. The molecule has 0 heterocycles. The average Bonchev–Trinajstić information content (AvgIpc) is 2.70. The van der Waals surface area contributed by atoms with Gasteiger partial charge in [-0.2, -0.15) is 0 Å². The lowest BCUT2D eigenvalue weighted by atomic mass is 10.1. The van der Waals surface area contributed by atoms with Gasteiger partial charge in [-0.25, -0.2) is 0 Å². The van der Waals surface area contributed by atoms with Crippen LogP contribution in [0.5, 0.6) is 0 Å². The molecule has 0 bridgehead atoms. The summed E-state index contributed by atoms with van der Waals surface area (Å²) in [5.74, 6) is -0.443. The quantitative estimate of drug-likeness (QED) is 0.706. The van der Waals surface area contributed by atoms with Crippen molar-refractivity contribution in [1.29, 1.82) is 0 Å². The maximum Gasteiger partial charge on any atom is 0.255 e. The van der Waals surface area contributed by atoms with Crippen LogP contribution in [0.15, 0.2) is 72.8 Å². The fourth-order valence-electron chi connectivity index (χ4n) is 2.76. The van der Waals surface area contributed by atoms with Gasteiger partial charge in [0.25, 0.3) is 11.8 Å². The molecule has 4 heteroatoms. The van der Waals surface area contributed by atoms with E-state index in [1.807, 2.05) is 62.4 Å². The minimum atomic E-state index is -0.235. The van der Waals surface area contributed by atoms with E-state index in [1.165, 1.54) is 0 Å². The van der Waals surface area contributed by atoms with Gasteiger partial charge in [0.15, 0.2) is 0 Å². The second-order valence-electron chi connectivity index (χ2n) is 6.45. The molecule has 0 unspecified atom stereocenters. The van der Waals surface area contributed by atoms with Crippen molar-refractivity contribution in [1.82, 2.24) is 5.32 Å². The minimum absolute atomic E-state index is 0.208. The molecule has 0 aliphatic heterocycles. The van der Waals surface area contributed by atoms with Crippen molar-refractivity contribution in [2.24, 2.45) is 0 Å². The van der Waals surface area contributed by atoms with E-state index < -0.39 is 0 Å². The molecule has 3 rings (SSSR count). The largest absolute Gasteiger partial charge is 0.348 e. The van der Waals surface area contributed by atoms with Crippen LogP contribution in [-0.4, -0.2) is 11.8 Å². The number of benzene rings is 3. The Kier molecular flexibility index (Phi) is 5.67. The highest BCUT2D eigenvalue weighted by Crippen LogP contribution is 2.19. The van der Waals surface area contributed by atoms with Gasteiger partial charge >= 0.3 is 0 Å². The SMILES string of the molecule is Cc1cccc(NC(=O)c2cccc(C(=O)NCc3ccccc3)c2)c1C. The lowest BCUT2D eigenvalue weighted by Gasteiger charge is -2.11. The number of rotatable bonds is 5. The molecule has 0 saturated heterocycles. The van der Waals surface area contributed by atoms with Crippen molar-refractivity contribution in [3.05, 3.63) is 101 Å². The summed E-state index contributed by atoms with van der Waals surface area (Å²) in [5.41, 5.74) is 4.85. The number of carbonyl (C=O) groups is 2. The summed E-state index contributed by atoms with van der Waals surface area (Å²) in [5, 5.41) is 5.80. The molecule has 0 aliphatic rings. The molecule has 0 aliphatic carbocycles. The Morgan fingerprint density at radius 3 is 2.19 bits per heavy atom. The van der Waals surface area contributed by atoms with E-state index in [1.54, 1.807) is 24.3 Å². The molecule has 136 valence electrons. The fraction of sp³-hybridized carbons (Fsp3) is 0.130. The Hall–Kier alpha value is -3.40. The summed E-state index contributed by atoms with van der Waals surface area (Å²) in [7, 11) is 0. The molecule has 0 atom stereocenters. The van der Waals surface area contributed by atoms with Crippen LogP contribution in [0.25, 0.3) is 0 Å². The van der Waals surface area contributed by atoms with Gasteiger partial charge in [-0.1, -0.05) is 48.5 Å². The number of carbonyl (C=O) groups excluding carboxylic acids is 2. The molecule has 3 aromatic carbocycles. The van der Waals surface area contributed by atoms with Gasteiger partial charge in [-0.05, 0) is 54.8 Å². The highest BCUT2D eigenvalue weighted by atomic mass is 16.2. The third-order valence-corrected chi connectivity index (χ3v) is 4.54. The van der Waals surface area contributed by atoms with E-state index in [0.29, 0.717) is 17.7 Å². The first-order chi connectivity index (χ1) is 13.0. The topological polar surface area (TPSA) is 58.2 Å². The average molecular weight is 358 g/mol. The number of amides is 2. The second kappa shape index (κ2) is 8.32. The summed E-state index contributed by atoms with van der Waals surface area (Å²) in [6, 6.07) is 22.2. The maximum absolute atomic E-state index is 12.6. The molecule has 0 spiro atoms. The van der Waals surface area contributed by atoms with Crippen LogP contribution < -0.4 is 10.6 Å². The minimum Gasteiger partial charge on any atom is -0.348 e. The molecule has 0 saturated carbocycles. The number of hydrogen-bond acceptors (Lipinski definition) is 2. The molecule has 27 heavy (non-hydrogen) atoms. The number of anilines is 1. The number of hydrogen-bond donors (Lipinski definition) is 2. The molecule has 2 N–H and O–H groups in total. The van der Waals surface area contributed by atoms with E-state index in [0.717, 1.165) is 22.4 Å². The number of aryl methyl sites for hydroxylation is 1. The molecule has 2 amide bonds. The van der Waals surface area contributed by atoms with Gasteiger partial charge in [-0.3, -0.25) is 9.59 Å². The fourth-order valence-corrected chi connectivity index (χ4v) is 2.76. The first kappa shape index (κ1) is 18.4. The molecule has 0 radical (unpaired) electrons. The summed E-state index contributed by atoms with van der Waals surface area (Å²) in [6.45, 7) is 4.42. The van der Waals surface area contributed by atoms with Crippen LogP contribution in [-0.2, 0) is 6.54 Å².